The van der Waals surface area contributed by atoms with E-state index in [9.17, 15) is 14.7 Å². The summed E-state index contributed by atoms with van der Waals surface area (Å²) in [5.74, 6) is 0.393. The molecular formula is C21H23ClN6O3. The van der Waals surface area contributed by atoms with Crippen LogP contribution in [0.1, 0.15) is 27.8 Å². The molecule has 1 aromatic carbocycles. The van der Waals surface area contributed by atoms with Crippen molar-refractivity contribution in [2.24, 2.45) is 0 Å². The van der Waals surface area contributed by atoms with Gasteiger partial charge in [0.15, 0.2) is 0 Å². The molecule has 4 rings (SSSR count). The summed E-state index contributed by atoms with van der Waals surface area (Å²) in [5.41, 5.74) is 2.14. The van der Waals surface area contributed by atoms with Gasteiger partial charge in [0.2, 0.25) is 0 Å². The van der Waals surface area contributed by atoms with Gasteiger partial charge in [-0.15, -0.1) is 0 Å². The molecule has 1 aliphatic rings. The molecule has 1 atom stereocenters. The van der Waals surface area contributed by atoms with E-state index in [1.807, 2.05) is 19.1 Å². The Kier molecular flexibility index (Phi) is 6.06. The van der Waals surface area contributed by atoms with Crippen LogP contribution >= 0.6 is 11.6 Å². The summed E-state index contributed by atoms with van der Waals surface area (Å²) >= 11 is 6.45. The zero-order valence-corrected chi connectivity index (χ0v) is 17.8. The molecular weight excluding hydrogens is 420 g/mol. The van der Waals surface area contributed by atoms with Crippen LogP contribution in [0.25, 0.3) is 10.9 Å². The Hall–Kier alpha value is -3.17. The minimum absolute atomic E-state index is 0.185. The second kappa shape index (κ2) is 8.91. The molecule has 3 heterocycles. The molecule has 1 saturated heterocycles. The number of fused-ring (bicyclic) bond motifs is 1. The molecule has 1 unspecified atom stereocenters. The Labute approximate surface area is 184 Å². The van der Waals surface area contributed by atoms with Crippen LogP contribution in [0.4, 0.5) is 4.79 Å². The van der Waals surface area contributed by atoms with Gasteiger partial charge in [-0.25, -0.2) is 14.8 Å². The van der Waals surface area contributed by atoms with Crippen molar-refractivity contribution in [3.8, 4) is 0 Å². The van der Waals surface area contributed by atoms with Gasteiger partial charge >= 0.3 is 6.09 Å². The van der Waals surface area contributed by atoms with Gasteiger partial charge in [0.25, 0.3) is 5.91 Å². The summed E-state index contributed by atoms with van der Waals surface area (Å²) in [6, 6.07) is 5.18. The van der Waals surface area contributed by atoms with Gasteiger partial charge in [0.05, 0.1) is 16.6 Å². The minimum Gasteiger partial charge on any atom is -0.465 e. The lowest BCUT2D eigenvalue weighted by atomic mass is 10.1. The summed E-state index contributed by atoms with van der Waals surface area (Å²) in [5, 5.41) is 13.4. The van der Waals surface area contributed by atoms with E-state index in [1.54, 1.807) is 24.7 Å². The molecule has 9 nitrogen and oxygen atoms in total. The van der Waals surface area contributed by atoms with E-state index in [2.05, 4.69) is 25.2 Å². The number of nitrogens with one attached hydrogen (secondary N) is 2. The number of aromatic nitrogens is 3. The van der Waals surface area contributed by atoms with Crippen LogP contribution in [0.3, 0.4) is 0 Å². The molecule has 2 amide bonds. The van der Waals surface area contributed by atoms with Gasteiger partial charge in [-0.2, -0.15) is 0 Å². The molecule has 10 heteroatoms. The molecule has 0 spiro atoms. The van der Waals surface area contributed by atoms with E-state index in [4.69, 9.17) is 11.6 Å². The van der Waals surface area contributed by atoms with E-state index in [0.717, 1.165) is 16.5 Å². The highest BCUT2D eigenvalue weighted by molar-refractivity contribution is 6.38. The highest BCUT2D eigenvalue weighted by atomic mass is 35.5. The number of piperazine rings is 1. The molecule has 0 aliphatic carbocycles. The van der Waals surface area contributed by atoms with Crippen molar-refractivity contribution in [3.05, 3.63) is 58.8 Å². The monoisotopic (exact) mass is 442 g/mol. The van der Waals surface area contributed by atoms with Gasteiger partial charge in [0, 0.05) is 67.8 Å². The molecule has 0 radical (unpaired) electrons. The Bertz CT molecular complexity index is 1090. The third-order valence-electron chi connectivity index (χ3n) is 5.58. The normalized spacial score (nSPS) is 15.7. The van der Waals surface area contributed by atoms with Crippen LogP contribution in [0, 0.1) is 6.92 Å². The number of carbonyl (C=O) groups is 2. The number of halogens is 1. The van der Waals surface area contributed by atoms with Crippen LogP contribution < -0.4 is 5.32 Å². The summed E-state index contributed by atoms with van der Waals surface area (Å²) in [7, 11) is 0. The highest BCUT2D eigenvalue weighted by Crippen LogP contribution is 2.27. The molecule has 1 fully saturated rings. The first-order valence-electron chi connectivity index (χ1n) is 9.98. The van der Waals surface area contributed by atoms with Crippen molar-refractivity contribution in [1.29, 1.82) is 0 Å². The van der Waals surface area contributed by atoms with Gasteiger partial charge < -0.3 is 20.3 Å². The third-order valence-corrected chi connectivity index (χ3v) is 5.99. The zero-order valence-electron chi connectivity index (χ0n) is 17.0. The second-order valence-electron chi connectivity index (χ2n) is 7.46. The topological polar surface area (TPSA) is 114 Å². The average Bonchev–Trinajstić information content (AvgIpc) is 3.25. The minimum atomic E-state index is -0.919. The Balaban J connectivity index is 1.51. The second-order valence-corrected chi connectivity index (χ2v) is 7.84. The average molecular weight is 443 g/mol. The number of amides is 2. The quantitative estimate of drug-likeness (QED) is 0.559. The molecule has 3 N–H and O–H groups in total. The molecule has 31 heavy (non-hydrogen) atoms. The van der Waals surface area contributed by atoms with Gasteiger partial charge in [-0.3, -0.25) is 9.69 Å². The number of aryl methyl sites for hydroxylation is 1. The molecule has 0 saturated carbocycles. The number of benzene rings is 1. The zero-order chi connectivity index (χ0) is 22.0. The highest BCUT2D eigenvalue weighted by Gasteiger charge is 2.28. The number of aromatic amines is 1. The van der Waals surface area contributed by atoms with E-state index in [-0.39, 0.29) is 11.9 Å². The molecule has 3 aromatic rings. The number of rotatable bonds is 5. The van der Waals surface area contributed by atoms with Crippen LogP contribution in [0.2, 0.25) is 5.02 Å². The fourth-order valence-electron chi connectivity index (χ4n) is 3.81. The van der Waals surface area contributed by atoms with Gasteiger partial charge in [0.1, 0.15) is 5.82 Å². The Morgan fingerprint density at radius 1 is 1.19 bits per heavy atom. The maximum Gasteiger partial charge on any atom is 0.407 e. The lowest BCUT2D eigenvalue weighted by Crippen LogP contribution is -2.51. The van der Waals surface area contributed by atoms with E-state index in [0.29, 0.717) is 49.1 Å². The smallest absolute Gasteiger partial charge is 0.407 e. The first-order chi connectivity index (χ1) is 14.9. The third kappa shape index (κ3) is 4.47. The van der Waals surface area contributed by atoms with Crippen molar-refractivity contribution >= 4 is 34.5 Å². The van der Waals surface area contributed by atoms with Gasteiger partial charge in [-0.05, 0) is 25.1 Å². The Morgan fingerprint density at radius 3 is 2.58 bits per heavy atom. The lowest BCUT2D eigenvalue weighted by Gasteiger charge is -2.38. The van der Waals surface area contributed by atoms with Crippen LogP contribution in [-0.2, 0) is 0 Å². The van der Waals surface area contributed by atoms with Crippen molar-refractivity contribution in [2.45, 2.75) is 13.0 Å². The number of carboxylic acid groups (broad SMARTS) is 1. The van der Waals surface area contributed by atoms with E-state index >= 15 is 0 Å². The number of hydrogen-bond acceptors (Lipinski definition) is 5. The summed E-state index contributed by atoms with van der Waals surface area (Å²) in [6.07, 6.45) is 4.36. The number of H-pyrrole nitrogens is 1. The van der Waals surface area contributed by atoms with E-state index in [1.165, 1.54) is 4.90 Å². The largest absolute Gasteiger partial charge is 0.465 e. The lowest BCUT2D eigenvalue weighted by molar-refractivity contribution is 0.0799. The maximum absolute atomic E-state index is 12.9. The van der Waals surface area contributed by atoms with Crippen molar-refractivity contribution < 1.29 is 14.7 Å². The van der Waals surface area contributed by atoms with E-state index < -0.39 is 6.09 Å². The predicted octanol–water partition coefficient (Wildman–Crippen LogP) is 2.69. The molecule has 162 valence electrons. The summed E-state index contributed by atoms with van der Waals surface area (Å²) < 4.78 is 0. The fraction of sp³-hybridized carbons (Fsp3) is 0.333. The first-order valence-corrected chi connectivity index (χ1v) is 10.4. The van der Waals surface area contributed by atoms with Crippen molar-refractivity contribution in [1.82, 2.24) is 30.1 Å². The van der Waals surface area contributed by atoms with Gasteiger partial charge in [-0.1, -0.05) is 11.6 Å². The SMILES string of the molecule is Cc1ncc(C(CNC(=O)c2ccc3[nH]ccc3c2Cl)N2CCN(C(=O)O)CC2)cn1. The van der Waals surface area contributed by atoms with Crippen molar-refractivity contribution in [3.63, 3.8) is 0 Å². The summed E-state index contributed by atoms with van der Waals surface area (Å²) in [6.45, 7) is 4.05. The summed E-state index contributed by atoms with van der Waals surface area (Å²) in [4.78, 5) is 39.3. The fourth-order valence-corrected chi connectivity index (χ4v) is 4.13. The number of nitrogens with zero attached hydrogens (tertiary/aromatic N) is 4. The molecule has 2 aromatic heterocycles. The number of carbonyl (C=O) groups excluding carboxylic acids is 1. The molecule has 0 bridgehead atoms. The maximum atomic E-state index is 12.9. The van der Waals surface area contributed by atoms with Crippen LogP contribution in [-0.4, -0.2) is 74.6 Å². The number of hydrogen-bond donors (Lipinski definition) is 3. The van der Waals surface area contributed by atoms with Crippen LogP contribution in [0.5, 0.6) is 0 Å². The molecule has 1 aliphatic heterocycles. The van der Waals surface area contributed by atoms with Crippen LogP contribution in [0.15, 0.2) is 36.8 Å². The predicted molar refractivity (Wildman–Crippen MR) is 116 cm³/mol. The standard InChI is InChI=1S/C21H23ClN6O3/c1-13-24-10-14(11-25-13)18(27-6-8-28(9-7-27)21(30)31)12-26-20(29)16-2-3-17-15(19(16)22)4-5-23-17/h2-5,10-11,18,23H,6-9,12H2,1H3,(H,26,29)(H,30,31). The first kappa shape index (κ1) is 21.1. The Morgan fingerprint density at radius 2 is 1.90 bits per heavy atom. The van der Waals surface area contributed by atoms with Crippen molar-refractivity contribution in [2.75, 3.05) is 32.7 Å².